The number of nitrogens with two attached hydrogens (primary N) is 1. The molecule has 0 saturated heterocycles. The maximum absolute atomic E-state index is 12.8. The van der Waals surface area contributed by atoms with Gasteiger partial charge in [-0.15, -0.1) is 11.3 Å². The monoisotopic (exact) mass is 433 g/mol. The van der Waals surface area contributed by atoms with Crippen LogP contribution in [0.1, 0.15) is 10.4 Å². The number of thiophene rings is 1. The van der Waals surface area contributed by atoms with Gasteiger partial charge in [0.25, 0.3) is 6.08 Å². The maximum atomic E-state index is 12.8. The predicted octanol–water partition coefficient (Wildman–Crippen LogP) is 2.99. The van der Waals surface area contributed by atoms with Crippen LogP contribution in [0.15, 0.2) is 53.1 Å². The zero-order valence-corrected chi connectivity index (χ0v) is 16.4. The Bertz CT molecular complexity index is 1190. The number of carbonyl (C=O) groups is 1. The van der Waals surface area contributed by atoms with Crippen LogP contribution in [0.3, 0.4) is 0 Å². The molecule has 1 amide bonds. The molecule has 3 N–H and O–H groups in total. The number of hydrogen-bond donors (Lipinski definition) is 2. The molecule has 3 aromatic rings. The van der Waals surface area contributed by atoms with Gasteiger partial charge in [-0.05, 0) is 23.8 Å². The van der Waals surface area contributed by atoms with Gasteiger partial charge in [0.05, 0.1) is 18.8 Å². The number of rotatable bonds is 6. The van der Waals surface area contributed by atoms with Crippen molar-refractivity contribution in [3.05, 3.63) is 69.2 Å². The van der Waals surface area contributed by atoms with Gasteiger partial charge in [0.2, 0.25) is 0 Å². The molecular weight excluding hydrogens is 416 g/mol. The average molecular weight is 433 g/mol. The fraction of sp³-hybridized carbons (Fsp3) is 0.211. The summed E-state index contributed by atoms with van der Waals surface area (Å²) >= 11 is 1.48. The molecule has 1 aliphatic rings. The highest BCUT2D eigenvalue weighted by Gasteiger charge is 2.17. The number of hydrogen-bond acceptors (Lipinski definition) is 6. The maximum Gasteiger partial charge on any atom is 0.411 e. The molecule has 0 aliphatic carbocycles. The molecule has 0 unspecified atom stereocenters. The van der Waals surface area contributed by atoms with E-state index in [9.17, 15) is 18.4 Å². The molecule has 2 aromatic heterocycles. The van der Waals surface area contributed by atoms with E-state index < -0.39 is 17.9 Å². The number of nitrogens with one attached hydrogen (secondary N) is 1. The van der Waals surface area contributed by atoms with Gasteiger partial charge >= 0.3 is 11.8 Å². The van der Waals surface area contributed by atoms with E-state index in [0.29, 0.717) is 5.69 Å². The second kappa shape index (κ2) is 8.20. The fourth-order valence-electron chi connectivity index (χ4n) is 3.02. The summed E-state index contributed by atoms with van der Waals surface area (Å²) in [4.78, 5) is 25.7. The fourth-order valence-corrected chi connectivity index (χ4v) is 4.02. The molecule has 0 saturated carbocycles. The number of nitrogens with zero attached hydrogens (tertiary/aromatic N) is 3. The third-order valence-electron chi connectivity index (χ3n) is 4.63. The number of amides is 1. The second-order valence-electron chi connectivity index (χ2n) is 6.61. The third-order valence-corrected chi connectivity index (χ3v) is 5.75. The van der Waals surface area contributed by atoms with Crippen molar-refractivity contribution >= 4 is 23.1 Å². The van der Waals surface area contributed by atoms with Gasteiger partial charge in [-0.2, -0.15) is 13.9 Å². The van der Waals surface area contributed by atoms with Gasteiger partial charge in [0.1, 0.15) is 12.9 Å². The number of carbonyl (C=O) groups excluding carboxylic acids is 1. The van der Waals surface area contributed by atoms with Crippen molar-refractivity contribution in [2.24, 2.45) is 5.73 Å². The van der Waals surface area contributed by atoms with Gasteiger partial charge in [-0.3, -0.25) is 9.88 Å². The number of anilines is 1. The highest BCUT2D eigenvalue weighted by Crippen LogP contribution is 2.33. The van der Waals surface area contributed by atoms with Crippen LogP contribution < -0.4 is 16.7 Å². The number of cyclic esters (lactones) is 1. The summed E-state index contributed by atoms with van der Waals surface area (Å²) in [7, 11) is 0. The molecule has 1 aliphatic heterocycles. The first-order valence-corrected chi connectivity index (χ1v) is 9.77. The van der Waals surface area contributed by atoms with E-state index in [4.69, 9.17) is 10.5 Å². The molecule has 0 spiro atoms. The average Bonchev–Trinajstić information content (AvgIpc) is 3.33. The molecule has 156 valence electrons. The van der Waals surface area contributed by atoms with Crippen molar-refractivity contribution in [2.45, 2.75) is 19.7 Å². The molecule has 30 heavy (non-hydrogen) atoms. The van der Waals surface area contributed by atoms with Gasteiger partial charge in [-0.1, -0.05) is 12.1 Å². The highest BCUT2D eigenvalue weighted by atomic mass is 32.1. The molecule has 3 heterocycles. The van der Waals surface area contributed by atoms with Crippen LogP contribution in [0.25, 0.3) is 10.4 Å². The molecule has 0 fully saturated rings. The van der Waals surface area contributed by atoms with E-state index in [1.807, 2.05) is 30.3 Å². The van der Waals surface area contributed by atoms with E-state index in [1.54, 1.807) is 0 Å². The molecule has 0 bridgehead atoms. The topological polar surface area (TPSA) is 104 Å². The minimum absolute atomic E-state index is 0.234. The lowest BCUT2D eigenvalue weighted by molar-refractivity contribution is 0.151. The first-order valence-electron chi connectivity index (χ1n) is 8.95. The molecular formula is C19H17F2N5O3S. The van der Waals surface area contributed by atoms with Crippen molar-refractivity contribution in [3.63, 3.8) is 0 Å². The Morgan fingerprint density at radius 2 is 2.10 bits per heavy atom. The molecule has 8 nitrogen and oxygen atoms in total. The summed E-state index contributed by atoms with van der Waals surface area (Å²) in [5.74, 6) is 0. The Hall–Kier alpha value is -3.31. The zero-order chi connectivity index (χ0) is 21.3. The molecule has 1 aromatic carbocycles. The van der Waals surface area contributed by atoms with Gasteiger partial charge in [0, 0.05) is 27.4 Å². The van der Waals surface area contributed by atoms with Crippen LogP contribution in [-0.2, 0) is 24.4 Å². The van der Waals surface area contributed by atoms with Gasteiger partial charge in [-0.25, -0.2) is 14.3 Å². The van der Waals surface area contributed by atoms with E-state index in [0.717, 1.165) is 25.6 Å². The van der Waals surface area contributed by atoms with Gasteiger partial charge in [0.15, 0.2) is 0 Å². The standard InChI is InChI=1S/C19H17F2N5O3S/c20-17(21)13(6-22)7-26-19(28)25(10-23-26)8-14-3-4-16(30-14)11-1-2-12-9-29-18(27)24-15(12)5-11/h1-5,10H,6-9,22H2,(H,24,27). The lowest BCUT2D eigenvalue weighted by Gasteiger charge is -2.17. The SMILES string of the molecule is NCC(Cn1ncn(Cc2ccc(-c3ccc4c(c3)NC(=O)OC4)s2)c1=O)=C(F)F. The number of halogens is 2. The predicted molar refractivity (Wildman–Crippen MR) is 107 cm³/mol. The van der Waals surface area contributed by atoms with E-state index >= 15 is 0 Å². The van der Waals surface area contributed by atoms with Crippen LogP contribution in [-0.4, -0.2) is 27.0 Å². The van der Waals surface area contributed by atoms with Crippen molar-refractivity contribution in [2.75, 3.05) is 11.9 Å². The lowest BCUT2D eigenvalue weighted by Crippen LogP contribution is -2.27. The van der Waals surface area contributed by atoms with E-state index in [1.165, 1.54) is 22.2 Å². The minimum atomic E-state index is -1.89. The van der Waals surface area contributed by atoms with Crippen molar-refractivity contribution in [3.8, 4) is 10.4 Å². The summed E-state index contributed by atoms with van der Waals surface area (Å²) in [6.45, 7) is -0.190. The Kier molecular flexibility index (Phi) is 5.46. The summed E-state index contributed by atoms with van der Waals surface area (Å²) in [5, 5.41) is 6.58. The van der Waals surface area contributed by atoms with Crippen LogP contribution in [0.2, 0.25) is 0 Å². The number of ether oxygens (including phenoxy) is 1. The highest BCUT2D eigenvalue weighted by molar-refractivity contribution is 7.15. The van der Waals surface area contributed by atoms with Crippen LogP contribution in [0.4, 0.5) is 19.3 Å². The summed E-state index contributed by atoms with van der Waals surface area (Å²) < 4.78 is 32.8. The summed E-state index contributed by atoms with van der Waals surface area (Å²) in [5.41, 5.74) is 7.00. The summed E-state index contributed by atoms with van der Waals surface area (Å²) in [6.07, 6.45) is -1.06. The van der Waals surface area contributed by atoms with Crippen molar-refractivity contribution in [1.29, 1.82) is 0 Å². The Labute approximate surface area is 173 Å². The van der Waals surface area contributed by atoms with E-state index in [2.05, 4.69) is 10.4 Å². The Morgan fingerprint density at radius 3 is 2.87 bits per heavy atom. The number of aromatic nitrogens is 3. The minimum Gasteiger partial charge on any atom is -0.444 e. The van der Waals surface area contributed by atoms with Gasteiger partial charge < -0.3 is 10.5 Å². The lowest BCUT2D eigenvalue weighted by atomic mass is 10.1. The van der Waals surface area contributed by atoms with Crippen molar-refractivity contribution < 1.29 is 18.3 Å². The zero-order valence-electron chi connectivity index (χ0n) is 15.6. The Morgan fingerprint density at radius 1 is 1.27 bits per heavy atom. The largest absolute Gasteiger partial charge is 0.444 e. The number of benzene rings is 1. The van der Waals surface area contributed by atoms with E-state index in [-0.39, 0.29) is 31.8 Å². The molecule has 4 rings (SSSR count). The first-order chi connectivity index (χ1) is 14.4. The smallest absolute Gasteiger partial charge is 0.411 e. The normalized spacial score (nSPS) is 12.8. The molecule has 11 heteroatoms. The third kappa shape index (κ3) is 4.02. The molecule has 0 radical (unpaired) electrons. The van der Waals surface area contributed by atoms with Crippen LogP contribution in [0, 0.1) is 0 Å². The second-order valence-corrected chi connectivity index (χ2v) is 7.77. The van der Waals surface area contributed by atoms with Crippen LogP contribution in [0.5, 0.6) is 0 Å². The molecule has 0 atom stereocenters. The first kappa shape index (κ1) is 20.0. The Balaban J connectivity index is 1.52. The summed E-state index contributed by atoms with van der Waals surface area (Å²) in [6, 6.07) is 9.52. The van der Waals surface area contributed by atoms with Crippen LogP contribution >= 0.6 is 11.3 Å². The number of fused-ring (bicyclic) bond motifs is 1. The quantitative estimate of drug-likeness (QED) is 0.622. The van der Waals surface area contributed by atoms with Crippen molar-refractivity contribution in [1.82, 2.24) is 14.3 Å².